The number of nitrogens with two attached hydrogens (primary N) is 1. The van der Waals surface area contributed by atoms with E-state index in [-0.39, 0.29) is 12.2 Å². The normalized spacial score (nSPS) is 13.4. The predicted molar refractivity (Wildman–Crippen MR) is 117 cm³/mol. The number of hydrogen-bond donors (Lipinski definition) is 1. The van der Waals surface area contributed by atoms with Gasteiger partial charge in [-0.05, 0) is 17.7 Å². The number of carbonyl (C=O) groups excluding carboxylic acids is 2. The van der Waals surface area contributed by atoms with E-state index in [0.717, 1.165) is 0 Å². The first kappa shape index (κ1) is 22.5. The summed E-state index contributed by atoms with van der Waals surface area (Å²) < 4.78 is 31.5. The van der Waals surface area contributed by atoms with Crippen LogP contribution in [-0.2, 0) is 38.6 Å². The second-order valence-corrected chi connectivity index (χ2v) is 9.02. The summed E-state index contributed by atoms with van der Waals surface area (Å²) in [6.45, 7) is 1.22. The fourth-order valence-corrected chi connectivity index (χ4v) is 4.67. The number of esters is 1. The number of ether oxygens (including phenoxy) is 1. The van der Waals surface area contributed by atoms with E-state index in [2.05, 4.69) is 0 Å². The van der Waals surface area contributed by atoms with Crippen molar-refractivity contribution in [2.75, 3.05) is 5.75 Å². The molecule has 7 nitrogen and oxygen atoms in total. The highest BCUT2D eigenvalue weighted by Crippen LogP contribution is 2.32. The van der Waals surface area contributed by atoms with Crippen LogP contribution in [0.15, 0.2) is 72.8 Å². The number of ketones is 1. The maximum Gasteiger partial charge on any atom is 0.303 e. The van der Waals surface area contributed by atoms with Crippen LogP contribution in [0.25, 0.3) is 0 Å². The number of benzene rings is 2. The van der Waals surface area contributed by atoms with Crippen molar-refractivity contribution in [3.63, 3.8) is 0 Å². The first-order valence-electron chi connectivity index (χ1n) is 9.61. The zero-order chi connectivity index (χ0) is 22.6. The molecule has 0 spiro atoms. The van der Waals surface area contributed by atoms with Crippen LogP contribution >= 0.6 is 0 Å². The number of rotatable bonds is 8. The number of nitrogens with zero attached hydrogens (tertiary/aromatic N) is 1. The second kappa shape index (κ2) is 8.87. The summed E-state index contributed by atoms with van der Waals surface area (Å²) in [5.41, 5.74) is 0.542. The summed E-state index contributed by atoms with van der Waals surface area (Å²) >= 11 is 0. The molecule has 0 bridgehead atoms. The molecule has 8 heteroatoms. The molecule has 2 aromatic carbocycles. The van der Waals surface area contributed by atoms with Crippen LogP contribution in [0.2, 0.25) is 0 Å². The third-order valence-corrected chi connectivity index (χ3v) is 5.90. The Hall–Kier alpha value is -3.23. The Morgan fingerprint density at radius 1 is 0.968 bits per heavy atom. The van der Waals surface area contributed by atoms with Crippen LogP contribution in [0.4, 0.5) is 0 Å². The van der Waals surface area contributed by atoms with Gasteiger partial charge in [-0.15, -0.1) is 0 Å². The molecule has 31 heavy (non-hydrogen) atoms. The lowest BCUT2D eigenvalue weighted by atomic mass is 9.90. The van der Waals surface area contributed by atoms with Crippen LogP contribution in [-0.4, -0.2) is 30.5 Å². The van der Waals surface area contributed by atoms with Gasteiger partial charge in [0.05, 0.1) is 5.69 Å². The summed E-state index contributed by atoms with van der Waals surface area (Å²) in [5, 5.41) is 5.38. The van der Waals surface area contributed by atoms with Crippen molar-refractivity contribution in [2.24, 2.45) is 12.2 Å². The van der Waals surface area contributed by atoms with Crippen LogP contribution < -0.4 is 5.14 Å². The number of aromatic nitrogens is 1. The fourth-order valence-electron chi connectivity index (χ4n) is 3.69. The average Bonchev–Trinajstić information content (AvgIpc) is 3.07. The van der Waals surface area contributed by atoms with Gasteiger partial charge in [-0.3, -0.25) is 9.59 Å². The lowest BCUT2D eigenvalue weighted by Gasteiger charge is -2.33. The van der Waals surface area contributed by atoms with E-state index in [9.17, 15) is 18.0 Å². The molecule has 0 saturated heterocycles. The van der Waals surface area contributed by atoms with Crippen LogP contribution in [0, 0.1) is 0 Å². The molecule has 0 aliphatic rings. The third kappa shape index (κ3) is 5.28. The summed E-state index contributed by atoms with van der Waals surface area (Å²) in [6.07, 6.45) is 0.0194. The number of hydrogen-bond acceptors (Lipinski definition) is 5. The van der Waals surface area contributed by atoms with E-state index in [1.807, 2.05) is 6.07 Å². The summed E-state index contributed by atoms with van der Waals surface area (Å²) in [7, 11) is -2.30. The van der Waals surface area contributed by atoms with Gasteiger partial charge >= 0.3 is 5.97 Å². The Bertz CT molecular complexity index is 1190. The Morgan fingerprint density at radius 2 is 1.55 bits per heavy atom. The van der Waals surface area contributed by atoms with Crippen molar-refractivity contribution < 1.29 is 22.7 Å². The molecule has 1 atom stereocenters. The van der Waals surface area contributed by atoms with Gasteiger partial charge in [0.2, 0.25) is 15.8 Å². The van der Waals surface area contributed by atoms with Gasteiger partial charge in [0, 0.05) is 31.6 Å². The van der Waals surface area contributed by atoms with Crippen molar-refractivity contribution in [1.29, 1.82) is 0 Å². The highest BCUT2D eigenvalue weighted by atomic mass is 32.2. The smallest absolute Gasteiger partial charge is 0.303 e. The number of sulfonamides is 1. The molecule has 0 radical (unpaired) electrons. The molecule has 0 aliphatic heterocycles. The van der Waals surface area contributed by atoms with Crippen molar-refractivity contribution in [3.05, 3.63) is 95.3 Å². The first-order chi connectivity index (χ1) is 14.6. The van der Waals surface area contributed by atoms with E-state index in [1.54, 1.807) is 78.3 Å². The van der Waals surface area contributed by atoms with Gasteiger partial charge in [-0.1, -0.05) is 60.7 Å². The van der Waals surface area contributed by atoms with E-state index < -0.39 is 27.3 Å². The molecular weight excluding hydrogens is 416 g/mol. The molecule has 0 amide bonds. The topological polar surface area (TPSA) is 108 Å². The third-order valence-electron chi connectivity index (χ3n) is 5.03. The van der Waals surface area contributed by atoms with Crippen molar-refractivity contribution in [1.82, 2.24) is 4.57 Å². The highest BCUT2D eigenvalue weighted by molar-refractivity contribution is 7.89. The van der Waals surface area contributed by atoms with Crippen molar-refractivity contribution in [2.45, 2.75) is 18.9 Å². The Labute approximate surface area is 181 Å². The molecule has 162 valence electrons. The quantitative estimate of drug-likeness (QED) is 0.428. The van der Waals surface area contributed by atoms with Gasteiger partial charge in [0.25, 0.3) is 0 Å². The van der Waals surface area contributed by atoms with Gasteiger partial charge in [-0.2, -0.15) is 0 Å². The fraction of sp³-hybridized carbons (Fsp3) is 0.217. The molecule has 0 aliphatic carbocycles. The molecule has 3 aromatic rings. The standard InChI is InChI=1S/C23H24N2O5S/c1-17(26)30-23(16-31(24,28)29,19-11-7-4-8-12-19)15-20-13-14-21(25(20)2)22(27)18-9-5-3-6-10-18/h3-14H,15-16H2,1-2H3,(H2,24,28,29). The molecule has 1 aromatic heterocycles. The number of primary sulfonamides is 1. The minimum atomic E-state index is -4.01. The Kier molecular flexibility index (Phi) is 6.42. The lowest BCUT2D eigenvalue weighted by Crippen LogP contribution is -2.43. The van der Waals surface area contributed by atoms with E-state index in [1.165, 1.54) is 6.92 Å². The molecule has 3 rings (SSSR count). The maximum atomic E-state index is 12.9. The maximum absolute atomic E-state index is 12.9. The Morgan fingerprint density at radius 3 is 2.10 bits per heavy atom. The predicted octanol–water partition coefficient (Wildman–Crippen LogP) is 2.55. The van der Waals surface area contributed by atoms with Gasteiger partial charge in [-0.25, -0.2) is 13.6 Å². The SMILES string of the molecule is CC(=O)OC(Cc1ccc(C(=O)c2ccccc2)n1C)(CS(N)(=O)=O)c1ccccc1. The van der Waals surface area contributed by atoms with E-state index >= 15 is 0 Å². The van der Waals surface area contributed by atoms with Crippen molar-refractivity contribution in [3.8, 4) is 0 Å². The molecule has 1 unspecified atom stereocenters. The average molecular weight is 441 g/mol. The summed E-state index contributed by atoms with van der Waals surface area (Å²) in [4.78, 5) is 24.9. The molecule has 2 N–H and O–H groups in total. The van der Waals surface area contributed by atoms with Gasteiger partial charge in [0.15, 0.2) is 5.60 Å². The zero-order valence-corrected chi connectivity index (χ0v) is 18.1. The van der Waals surface area contributed by atoms with Crippen LogP contribution in [0.1, 0.15) is 34.2 Å². The molecule has 1 heterocycles. The molecule has 0 saturated carbocycles. The summed E-state index contributed by atoms with van der Waals surface area (Å²) in [6, 6.07) is 20.8. The Balaban J connectivity index is 2.07. The molecule has 0 fully saturated rings. The zero-order valence-electron chi connectivity index (χ0n) is 17.3. The van der Waals surface area contributed by atoms with E-state index in [0.29, 0.717) is 22.5 Å². The van der Waals surface area contributed by atoms with Gasteiger partial charge in [0.1, 0.15) is 5.75 Å². The monoisotopic (exact) mass is 440 g/mol. The summed E-state index contributed by atoms with van der Waals surface area (Å²) in [5.74, 6) is -1.41. The van der Waals surface area contributed by atoms with E-state index in [4.69, 9.17) is 9.88 Å². The lowest BCUT2D eigenvalue weighted by molar-refractivity contribution is -0.156. The minimum absolute atomic E-state index is 0.0194. The van der Waals surface area contributed by atoms with Gasteiger partial charge < -0.3 is 9.30 Å². The minimum Gasteiger partial charge on any atom is -0.453 e. The first-order valence-corrected chi connectivity index (χ1v) is 11.3. The number of carbonyl (C=O) groups is 2. The molecular formula is C23H24N2O5S. The van der Waals surface area contributed by atoms with Crippen LogP contribution in [0.5, 0.6) is 0 Å². The highest BCUT2D eigenvalue weighted by Gasteiger charge is 2.40. The van der Waals surface area contributed by atoms with Crippen LogP contribution in [0.3, 0.4) is 0 Å². The largest absolute Gasteiger partial charge is 0.453 e. The second-order valence-electron chi connectivity index (χ2n) is 7.40. The van der Waals surface area contributed by atoms with Crippen molar-refractivity contribution >= 4 is 21.8 Å².